The normalized spacial score (nSPS) is 14.8. The van der Waals surface area contributed by atoms with Crippen molar-refractivity contribution in [1.82, 2.24) is 30.1 Å². The van der Waals surface area contributed by atoms with Gasteiger partial charge in [0.25, 0.3) is 5.91 Å². The second kappa shape index (κ2) is 6.07. The van der Waals surface area contributed by atoms with Crippen LogP contribution in [0.15, 0.2) is 12.1 Å². The molecule has 0 spiro atoms. The molecule has 0 atom stereocenters. The summed E-state index contributed by atoms with van der Waals surface area (Å²) in [5, 5.41) is 16.6. The standard InChI is InChI=1S/C16H19N7OS/c1-9-15(25-11(3)18-9)16(24)17-6-12-7-22(8-12)14-5-4-13-20-19-10(2)23(13)21-14/h4-5,12H,6-8H2,1-3H3,(H,17,24). The first kappa shape index (κ1) is 15.9. The van der Waals surface area contributed by atoms with Gasteiger partial charge in [-0.05, 0) is 32.9 Å². The highest BCUT2D eigenvalue weighted by Crippen LogP contribution is 2.23. The second-order valence-electron chi connectivity index (χ2n) is 6.34. The molecular formula is C16H19N7OS. The summed E-state index contributed by atoms with van der Waals surface area (Å²) in [5.74, 6) is 2.09. The number of fused-ring (bicyclic) bond motifs is 1. The molecule has 8 nitrogen and oxygen atoms in total. The van der Waals surface area contributed by atoms with E-state index in [0.29, 0.717) is 17.3 Å². The van der Waals surface area contributed by atoms with E-state index in [-0.39, 0.29) is 5.91 Å². The van der Waals surface area contributed by atoms with Crippen molar-refractivity contribution in [2.24, 2.45) is 5.92 Å². The van der Waals surface area contributed by atoms with Gasteiger partial charge >= 0.3 is 0 Å². The number of hydrogen-bond acceptors (Lipinski definition) is 7. The van der Waals surface area contributed by atoms with Crippen LogP contribution in [0.4, 0.5) is 5.82 Å². The molecule has 1 amide bonds. The smallest absolute Gasteiger partial charge is 0.263 e. The van der Waals surface area contributed by atoms with Gasteiger partial charge in [-0.25, -0.2) is 4.98 Å². The number of aromatic nitrogens is 5. The number of anilines is 1. The van der Waals surface area contributed by atoms with E-state index < -0.39 is 0 Å². The molecule has 3 aromatic heterocycles. The molecule has 0 saturated carbocycles. The fourth-order valence-electron chi connectivity index (χ4n) is 3.00. The molecule has 130 valence electrons. The lowest BCUT2D eigenvalue weighted by Gasteiger charge is -2.40. The summed E-state index contributed by atoms with van der Waals surface area (Å²) >= 11 is 1.44. The van der Waals surface area contributed by atoms with Gasteiger partial charge in [-0.2, -0.15) is 4.52 Å². The molecule has 0 bridgehead atoms. The Labute approximate surface area is 148 Å². The van der Waals surface area contributed by atoms with Gasteiger partial charge in [-0.3, -0.25) is 4.79 Å². The Hall–Kier alpha value is -2.55. The largest absolute Gasteiger partial charge is 0.354 e. The molecule has 0 radical (unpaired) electrons. The first-order valence-electron chi connectivity index (χ1n) is 8.17. The Morgan fingerprint density at radius 1 is 1.28 bits per heavy atom. The zero-order valence-electron chi connectivity index (χ0n) is 14.4. The predicted octanol–water partition coefficient (Wildman–Crippen LogP) is 1.37. The average molecular weight is 357 g/mol. The van der Waals surface area contributed by atoms with Crippen LogP contribution in [0.3, 0.4) is 0 Å². The predicted molar refractivity (Wildman–Crippen MR) is 95.1 cm³/mol. The summed E-state index contributed by atoms with van der Waals surface area (Å²) < 4.78 is 1.75. The average Bonchev–Trinajstić information content (AvgIpc) is 3.08. The van der Waals surface area contributed by atoms with E-state index in [1.165, 1.54) is 11.3 Å². The lowest BCUT2D eigenvalue weighted by atomic mass is 10.0. The van der Waals surface area contributed by atoms with Gasteiger partial charge in [0.15, 0.2) is 11.5 Å². The minimum Gasteiger partial charge on any atom is -0.354 e. The topological polar surface area (TPSA) is 88.3 Å². The number of carbonyl (C=O) groups is 1. The van der Waals surface area contributed by atoms with Gasteiger partial charge < -0.3 is 10.2 Å². The number of aryl methyl sites for hydroxylation is 3. The maximum absolute atomic E-state index is 12.2. The molecular weight excluding hydrogens is 338 g/mol. The summed E-state index contributed by atoms with van der Waals surface area (Å²) in [6, 6.07) is 3.88. The van der Waals surface area contributed by atoms with Crippen LogP contribution in [0, 0.1) is 26.7 Å². The molecule has 1 fully saturated rings. The van der Waals surface area contributed by atoms with Crippen LogP contribution < -0.4 is 10.2 Å². The molecule has 1 saturated heterocycles. The second-order valence-corrected chi connectivity index (χ2v) is 7.54. The third-order valence-electron chi connectivity index (χ3n) is 4.35. The van der Waals surface area contributed by atoms with Crippen LogP contribution in [0.2, 0.25) is 0 Å². The third kappa shape index (κ3) is 2.95. The number of carbonyl (C=O) groups excluding carboxylic acids is 1. The van der Waals surface area contributed by atoms with Crippen molar-refractivity contribution in [3.63, 3.8) is 0 Å². The van der Waals surface area contributed by atoms with Crippen molar-refractivity contribution in [3.05, 3.63) is 33.5 Å². The molecule has 9 heteroatoms. The highest BCUT2D eigenvalue weighted by Gasteiger charge is 2.29. The monoisotopic (exact) mass is 357 g/mol. The molecule has 0 unspecified atom stereocenters. The number of amides is 1. The minimum absolute atomic E-state index is 0.0267. The lowest BCUT2D eigenvalue weighted by Crippen LogP contribution is -2.52. The molecule has 4 rings (SSSR count). The highest BCUT2D eigenvalue weighted by molar-refractivity contribution is 7.13. The van der Waals surface area contributed by atoms with Crippen LogP contribution in [0.25, 0.3) is 5.65 Å². The molecule has 0 aliphatic carbocycles. The first-order valence-corrected chi connectivity index (χ1v) is 8.99. The molecule has 3 aromatic rings. The Morgan fingerprint density at radius 3 is 2.80 bits per heavy atom. The number of thiazole rings is 1. The summed E-state index contributed by atoms with van der Waals surface area (Å²) in [4.78, 5) is 19.5. The highest BCUT2D eigenvalue weighted by atomic mass is 32.1. The lowest BCUT2D eigenvalue weighted by molar-refractivity contribution is 0.0947. The van der Waals surface area contributed by atoms with Crippen LogP contribution in [-0.4, -0.2) is 50.3 Å². The summed E-state index contributed by atoms with van der Waals surface area (Å²) in [6.45, 7) is 8.09. The summed E-state index contributed by atoms with van der Waals surface area (Å²) in [6.07, 6.45) is 0. The number of hydrogen-bond donors (Lipinski definition) is 1. The maximum atomic E-state index is 12.2. The fourth-order valence-corrected chi connectivity index (χ4v) is 3.84. The van der Waals surface area contributed by atoms with E-state index >= 15 is 0 Å². The van der Waals surface area contributed by atoms with Crippen molar-refractivity contribution in [2.75, 3.05) is 24.5 Å². The van der Waals surface area contributed by atoms with Crippen molar-refractivity contribution in [1.29, 1.82) is 0 Å². The van der Waals surface area contributed by atoms with Gasteiger partial charge in [0, 0.05) is 25.6 Å². The van der Waals surface area contributed by atoms with E-state index in [4.69, 9.17) is 0 Å². The van der Waals surface area contributed by atoms with Crippen LogP contribution >= 0.6 is 11.3 Å². The maximum Gasteiger partial charge on any atom is 0.263 e. The molecule has 1 aliphatic rings. The van der Waals surface area contributed by atoms with Crippen molar-refractivity contribution in [2.45, 2.75) is 20.8 Å². The van der Waals surface area contributed by atoms with Gasteiger partial charge in [-0.15, -0.1) is 26.6 Å². The van der Waals surface area contributed by atoms with Crippen LogP contribution in [0.5, 0.6) is 0 Å². The Kier molecular flexibility index (Phi) is 3.87. The number of nitrogens with one attached hydrogen (secondary N) is 1. The van der Waals surface area contributed by atoms with Crippen LogP contribution in [0.1, 0.15) is 26.2 Å². The molecule has 1 aliphatic heterocycles. The van der Waals surface area contributed by atoms with Crippen molar-refractivity contribution >= 4 is 28.7 Å². The Morgan fingerprint density at radius 2 is 2.08 bits per heavy atom. The molecule has 4 heterocycles. The van der Waals surface area contributed by atoms with E-state index in [0.717, 1.165) is 41.1 Å². The van der Waals surface area contributed by atoms with E-state index in [1.54, 1.807) is 4.52 Å². The molecule has 0 aromatic carbocycles. The van der Waals surface area contributed by atoms with Gasteiger partial charge in [0.1, 0.15) is 10.7 Å². The number of rotatable bonds is 4. The van der Waals surface area contributed by atoms with Crippen molar-refractivity contribution in [3.8, 4) is 0 Å². The van der Waals surface area contributed by atoms with E-state index in [2.05, 4.69) is 30.5 Å². The first-order chi connectivity index (χ1) is 12.0. The Bertz CT molecular complexity index is 941. The fraction of sp³-hybridized carbons (Fsp3) is 0.438. The molecule has 1 N–H and O–H groups in total. The Balaban J connectivity index is 1.33. The van der Waals surface area contributed by atoms with E-state index in [9.17, 15) is 4.79 Å². The third-order valence-corrected chi connectivity index (χ3v) is 5.42. The van der Waals surface area contributed by atoms with Crippen LogP contribution in [-0.2, 0) is 0 Å². The number of nitrogens with zero attached hydrogens (tertiary/aromatic N) is 6. The summed E-state index contributed by atoms with van der Waals surface area (Å²) in [5.41, 5.74) is 1.55. The van der Waals surface area contributed by atoms with Crippen molar-refractivity contribution < 1.29 is 4.79 Å². The zero-order valence-corrected chi connectivity index (χ0v) is 15.2. The zero-order chi connectivity index (χ0) is 17.6. The summed E-state index contributed by atoms with van der Waals surface area (Å²) in [7, 11) is 0. The van der Waals surface area contributed by atoms with E-state index in [1.807, 2.05) is 32.9 Å². The van der Waals surface area contributed by atoms with Gasteiger partial charge in [-0.1, -0.05) is 0 Å². The quantitative estimate of drug-likeness (QED) is 0.759. The molecule has 25 heavy (non-hydrogen) atoms. The van der Waals surface area contributed by atoms with Gasteiger partial charge in [0.05, 0.1) is 10.7 Å². The minimum atomic E-state index is -0.0267. The van der Waals surface area contributed by atoms with Gasteiger partial charge in [0.2, 0.25) is 0 Å². The SMILES string of the molecule is Cc1nc(C)c(C(=O)NCC2CN(c3ccc4nnc(C)n4n3)C2)s1.